The molecule has 172 valence electrons. The largest absolute Gasteiger partial charge is 0.493 e. The van der Waals surface area contributed by atoms with Crippen molar-refractivity contribution in [3.63, 3.8) is 0 Å². The monoisotopic (exact) mass is 441 g/mol. The zero-order valence-corrected chi connectivity index (χ0v) is 18.5. The SMILES string of the molecule is O=C(O)C[C@H]1CCCN1C(=O)c1cc(C2CC2)c(OCC23CC4CC(CC2C4)C3)cc1F. The van der Waals surface area contributed by atoms with Gasteiger partial charge in [0.05, 0.1) is 18.6 Å². The summed E-state index contributed by atoms with van der Waals surface area (Å²) < 4.78 is 21.6. The van der Waals surface area contributed by atoms with E-state index in [4.69, 9.17) is 9.84 Å². The number of ether oxygens (including phenoxy) is 1. The number of carboxylic acid groups (broad SMARTS) is 1. The van der Waals surface area contributed by atoms with Gasteiger partial charge in [0.2, 0.25) is 0 Å². The molecule has 1 amide bonds. The molecule has 5 nitrogen and oxygen atoms in total. The van der Waals surface area contributed by atoms with Gasteiger partial charge in [-0.2, -0.15) is 0 Å². The van der Waals surface area contributed by atoms with E-state index in [2.05, 4.69) is 0 Å². The Morgan fingerprint density at radius 1 is 1.12 bits per heavy atom. The van der Waals surface area contributed by atoms with E-state index in [1.807, 2.05) is 0 Å². The third-order valence-electron chi connectivity index (χ3n) is 9.07. The highest BCUT2D eigenvalue weighted by Crippen LogP contribution is 2.65. The second kappa shape index (κ2) is 7.46. The van der Waals surface area contributed by atoms with Gasteiger partial charge in [0.25, 0.3) is 5.91 Å². The van der Waals surface area contributed by atoms with E-state index in [1.54, 1.807) is 11.0 Å². The molecule has 1 N–H and O–H groups in total. The summed E-state index contributed by atoms with van der Waals surface area (Å²) in [4.78, 5) is 25.9. The van der Waals surface area contributed by atoms with E-state index in [1.165, 1.54) is 38.2 Å². The molecule has 2 unspecified atom stereocenters. The molecule has 1 heterocycles. The Bertz CT molecular complexity index is 943. The Morgan fingerprint density at radius 2 is 1.88 bits per heavy atom. The lowest BCUT2D eigenvalue weighted by molar-refractivity contribution is -0.137. The van der Waals surface area contributed by atoms with Crippen LogP contribution in [0.2, 0.25) is 0 Å². The number of rotatable bonds is 7. The van der Waals surface area contributed by atoms with Gasteiger partial charge in [-0.05, 0) is 93.1 Å². The number of nitrogens with zero attached hydrogens (tertiary/aromatic N) is 1. The standard InChI is InChI=1S/C26H32FNO4/c27-22-11-23(32-14-26-12-15-6-16(13-26)8-18(26)7-15)20(17-3-4-17)10-21(22)25(31)28-5-1-2-19(28)9-24(29)30/h10-11,15-19H,1-9,12-14H2,(H,29,30)/t15?,16?,18?,19-,26?/m1/s1. The van der Waals surface area contributed by atoms with Crippen molar-refractivity contribution in [2.24, 2.45) is 23.2 Å². The molecule has 3 atom stereocenters. The molecule has 1 saturated heterocycles. The maximum Gasteiger partial charge on any atom is 0.305 e. The molecule has 1 aromatic carbocycles. The molecular formula is C26H32FNO4. The molecule has 6 fully saturated rings. The normalized spacial score (nSPS) is 35.0. The van der Waals surface area contributed by atoms with E-state index in [9.17, 15) is 9.59 Å². The van der Waals surface area contributed by atoms with Crippen molar-refractivity contribution in [2.45, 2.75) is 76.2 Å². The van der Waals surface area contributed by atoms with Crippen molar-refractivity contribution in [3.8, 4) is 5.75 Å². The molecule has 5 saturated carbocycles. The fourth-order valence-electron chi connectivity index (χ4n) is 7.67. The number of carbonyl (C=O) groups excluding carboxylic acids is 1. The minimum absolute atomic E-state index is 0.0653. The second-order valence-electron chi connectivity index (χ2n) is 11.2. The van der Waals surface area contributed by atoms with Gasteiger partial charge in [-0.3, -0.25) is 9.59 Å². The van der Waals surface area contributed by atoms with Gasteiger partial charge >= 0.3 is 5.97 Å². The lowest BCUT2D eigenvalue weighted by Crippen LogP contribution is -2.37. The van der Waals surface area contributed by atoms with Gasteiger partial charge in [0.15, 0.2) is 0 Å². The molecule has 6 aliphatic rings. The van der Waals surface area contributed by atoms with Crippen LogP contribution in [0.1, 0.15) is 86.0 Å². The van der Waals surface area contributed by atoms with E-state index < -0.39 is 11.8 Å². The molecule has 1 aliphatic heterocycles. The summed E-state index contributed by atoms with van der Waals surface area (Å²) in [7, 11) is 0. The Labute approximate surface area is 188 Å². The Morgan fingerprint density at radius 3 is 2.56 bits per heavy atom. The van der Waals surface area contributed by atoms with Crippen molar-refractivity contribution < 1.29 is 23.8 Å². The lowest BCUT2D eigenvalue weighted by atomic mass is 9.76. The van der Waals surface area contributed by atoms with Crippen LogP contribution in [0.15, 0.2) is 12.1 Å². The number of carboxylic acids is 1. The number of hydrogen-bond acceptors (Lipinski definition) is 3. The van der Waals surface area contributed by atoms with Gasteiger partial charge in [0.1, 0.15) is 11.6 Å². The predicted molar refractivity (Wildman–Crippen MR) is 116 cm³/mol. The van der Waals surface area contributed by atoms with Crippen molar-refractivity contribution in [2.75, 3.05) is 13.2 Å². The van der Waals surface area contributed by atoms with Crippen LogP contribution in [0.3, 0.4) is 0 Å². The lowest BCUT2D eigenvalue weighted by Gasteiger charge is -2.33. The Balaban J connectivity index is 1.23. The van der Waals surface area contributed by atoms with Crippen LogP contribution in [0, 0.1) is 29.0 Å². The summed E-state index contributed by atoms with van der Waals surface area (Å²) in [5.74, 6) is 1.57. The van der Waals surface area contributed by atoms with Crippen LogP contribution in [-0.2, 0) is 4.79 Å². The van der Waals surface area contributed by atoms with Crippen molar-refractivity contribution in [3.05, 3.63) is 29.1 Å². The quantitative estimate of drug-likeness (QED) is 0.648. The highest BCUT2D eigenvalue weighted by molar-refractivity contribution is 5.95. The summed E-state index contributed by atoms with van der Waals surface area (Å²) in [6, 6.07) is 2.78. The Hall–Kier alpha value is -2.11. The zero-order valence-electron chi connectivity index (χ0n) is 18.5. The van der Waals surface area contributed by atoms with Crippen LogP contribution in [0.5, 0.6) is 5.75 Å². The number of carbonyl (C=O) groups is 2. The molecule has 5 aliphatic carbocycles. The third kappa shape index (κ3) is 3.41. The van der Waals surface area contributed by atoms with Gasteiger partial charge in [0, 0.05) is 24.1 Å². The van der Waals surface area contributed by atoms with Gasteiger partial charge in [-0.25, -0.2) is 4.39 Å². The molecule has 0 spiro atoms. The van der Waals surface area contributed by atoms with E-state index >= 15 is 4.39 Å². The average Bonchev–Trinajstić information content (AvgIpc) is 3.37. The summed E-state index contributed by atoms with van der Waals surface area (Å²) in [6.45, 7) is 1.16. The van der Waals surface area contributed by atoms with Crippen LogP contribution in [-0.4, -0.2) is 41.1 Å². The summed E-state index contributed by atoms with van der Waals surface area (Å²) in [6.07, 6.45) is 9.98. The Kier molecular flexibility index (Phi) is 4.78. The fourth-order valence-corrected chi connectivity index (χ4v) is 7.67. The molecule has 32 heavy (non-hydrogen) atoms. The van der Waals surface area contributed by atoms with Crippen molar-refractivity contribution in [1.29, 1.82) is 0 Å². The van der Waals surface area contributed by atoms with Crippen molar-refractivity contribution in [1.82, 2.24) is 4.90 Å². The van der Waals surface area contributed by atoms with Gasteiger partial charge in [-0.15, -0.1) is 0 Å². The third-order valence-corrected chi connectivity index (χ3v) is 9.07. The number of benzene rings is 1. The summed E-state index contributed by atoms with van der Waals surface area (Å²) in [5, 5.41) is 9.16. The molecule has 0 aromatic heterocycles. The highest BCUT2D eigenvalue weighted by atomic mass is 19.1. The first-order valence-electron chi connectivity index (χ1n) is 12.4. The topological polar surface area (TPSA) is 66.8 Å². The van der Waals surface area contributed by atoms with Crippen LogP contribution < -0.4 is 4.74 Å². The maximum atomic E-state index is 15.2. The molecule has 7 rings (SSSR count). The second-order valence-corrected chi connectivity index (χ2v) is 11.2. The van der Waals surface area contributed by atoms with Crippen LogP contribution >= 0.6 is 0 Å². The summed E-state index contributed by atoms with van der Waals surface area (Å²) in [5.41, 5.74) is 1.30. The molecule has 4 bridgehead atoms. The zero-order chi connectivity index (χ0) is 22.0. The van der Waals surface area contributed by atoms with Gasteiger partial charge < -0.3 is 14.7 Å². The minimum atomic E-state index is -0.924. The van der Waals surface area contributed by atoms with Crippen LogP contribution in [0.4, 0.5) is 4.39 Å². The fraction of sp³-hybridized carbons (Fsp3) is 0.692. The van der Waals surface area contributed by atoms with E-state index in [0.29, 0.717) is 31.2 Å². The summed E-state index contributed by atoms with van der Waals surface area (Å²) >= 11 is 0. The number of halogens is 1. The molecular weight excluding hydrogens is 409 g/mol. The van der Waals surface area contributed by atoms with E-state index in [-0.39, 0.29) is 29.3 Å². The molecule has 0 radical (unpaired) electrons. The number of hydrogen-bond donors (Lipinski definition) is 1. The van der Waals surface area contributed by atoms with Crippen molar-refractivity contribution >= 4 is 11.9 Å². The predicted octanol–water partition coefficient (Wildman–Crippen LogP) is 4.99. The average molecular weight is 442 g/mol. The first-order chi connectivity index (χ1) is 15.4. The number of likely N-dealkylation sites (tertiary alicyclic amines) is 1. The maximum absolute atomic E-state index is 15.2. The first-order valence-corrected chi connectivity index (χ1v) is 12.4. The number of amides is 1. The molecule has 6 heteroatoms. The van der Waals surface area contributed by atoms with E-state index in [0.717, 1.165) is 42.6 Å². The number of aliphatic carboxylic acids is 1. The smallest absolute Gasteiger partial charge is 0.305 e. The highest BCUT2D eigenvalue weighted by Gasteiger charge is 2.58. The van der Waals surface area contributed by atoms with Crippen LogP contribution in [0.25, 0.3) is 0 Å². The molecule has 1 aromatic rings. The minimum Gasteiger partial charge on any atom is -0.493 e. The van der Waals surface area contributed by atoms with Gasteiger partial charge in [-0.1, -0.05) is 0 Å². The first kappa shape index (κ1) is 20.5.